The minimum absolute atomic E-state index is 0.199. The highest BCUT2D eigenvalue weighted by atomic mass is 35.5. The molecule has 5 aromatic rings. The number of carbonyl (C=O) groups is 2. The Kier molecular flexibility index (Phi) is 5.61. The lowest BCUT2D eigenvalue weighted by atomic mass is 10.0. The van der Waals surface area contributed by atoms with Crippen molar-refractivity contribution < 1.29 is 23.2 Å². The molecule has 0 unspecified atom stereocenters. The molecule has 2 aromatic carbocycles. The number of anilines is 3. The van der Waals surface area contributed by atoms with Crippen molar-refractivity contribution in [2.75, 3.05) is 17.3 Å². The average Bonchev–Trinajstić information content (AvgIpc) is 3.50. The van der Waals surface area contributed by atoms with E-state index < -0.39 is 5.91 Å². The SMILES string of the molecule is COc1ccc(C(=O)Nc2c(Cl)cncc2Cl)c2c1oc1ccc(N(C=O)c3ccco3)cc12. The molecule has 0 fully saturated rings. The molecule has 1 N–H and O–H groups in total. The van der Waals surface area contributed by atoms with E-state index in [1.807, 2.05) is 0 Å². The number of nitrogens with zero attached hydrogens (tertiary/aromatic N) is 2. The van der Waals surface area contributed by atoms with Gasteiger partial charge in [-0.25, -0.2) is 0 Å². The number of fused-ring (bicyclic) bond motifs is 3. The smallest absolute Gasteiger partial charge is 0.256 e. The summed E-state index contributed by atoms with van der Waals surface area (Å²) in [5.74, 6) is 0.330. The van der Waals surface area contributed by atoms with Gasteiger partial charge < -0.3 is 18.9 Å². The number of hydrogen-bond donors (Lipinski definition) is 1. The van der Waals surface area contributed by atoms with Gasteiger partial charge in [-0.15, -0.1) is 0 Å². The number of carbonyl (C=O) groups excluding carboxylic acids is 2. The number of benzene rings is 2. The maximum atomic E-state index is 13.3. The third-order valence-corrected chi connectivity index (χ3v) is 5.82. The summed E-state index contributed by atoms with van der Waals surface area (Å²) in [6, 6.07) is 11.8. The summed E-state index contributed by atoms with van der Waals surface area (Å²) in [7, 11) is 1.51. The van der Waals surface area contributed by atoms with Gasteiger partial charge in [0.1, 0.15) is 5.58 Å². The Hall–Kier alpha value is -4.01. The third kappa shape index (κ3) is 3.63. The average molecular weight is 496 g/mol. The minimum Gasteiger partial charge on any atom is -0.493 e. The van der Waals surface area contributed by atoms with E-state index in [4.69, 9.17) is 36.8 Å². The quantitative estimate of drug-likeness (QED) is 0.272. The standard InChI is InChI=1S/C24H15Cl2N3O5/c1-32-19-7-5-14(24(31)28-22-16(25)10-27-11-17(22)26)21-15-9-13(4-6-18(15)34-23(19)21)29(12-30)20-3-2-8-33-20/h2-12H,1H3,(H,27,28,31). The molecule has 2 amide bonds. The second kappa shape index (κ2) is 8.74. The number of nitrogens with one attached hydrogen (secondary N) is 1. The van der Waals surface area contributed by atoms with E-state index in [9.17, 15) is 9.59 Å². The molecule has 0 spiro atoms. The van der Waals surface area contributed by atoms with Crippen molar-refractivity contribution in [2.24, 2.45) is 0 Å². The van der Waals surface area contributed by atoms with E-state index in [2.05, 4.69) is 10.3 Å². The molecule has 170 valence electrons. The zero-order valence-corrected chi connectivity index (χ0v) is 19.1. The first-order valence-corrected chi connectivity index (χ1v) is 10.7. The highest BCUT2D eigenvalue weighted by Crippen LogP contribution is 2.40. The highest BCUT2D eigenvalue weighted by molar-refractivity contribution is 6.40. The Balaban J connectivity index is 1.69. The van der Waals surface area contributed by atoms with Gasteiger partial charge in [-0.2, -0.15) is 0 Å². The van der Waals surface area contributed by atoms with Gasteiger partial charge in [0.2, 0.25) is 12.3 Å². The molecule has 34 heavy (non-hydrogen) atoms. The molecular formula is C24H15Cl2N3O5. The summed E-state index contributed by atoms with van der Waals surface area (Å²) in [5.41, 5.74) is 1.94. The van der Waals surface area contributed by atoms with Crippen molar-refractivity contribution in [1.29, 1.82) is 0 Å². The largest absolute Gasteiger partial charge is 0.493 e. The van der Waals surface area contributed by atoms with Crippen LogP contribution in [0.4, 0.5) is 17.3 Å². The summed E-state index contributed by atoms with van der Waals surface area (Å²) in [6.07, 6.45) is 4.88. The van der Waals surface area contributed by atoms with Crippen LogP contribution in [0.2, 0.25) is 10.0 Å². The monoisotopic (exact) mass is 495 g/mol. The molecule has 0 aliphatic heterocycles. The fraction of sp³-hybridized carbons (Fsp3) is 0.0417. The Bertz CT molecular complexity index is 1530. The first kappa shape index (κ1) is 21.8. The van der Waals surface area contributed by atoms with Gasteiger partial charge in [0.15, 0.2) is 11.3 Å². The van der Waals surface area contributed by atoms with Gasteiger partial charge in [0.25, 0.3) is 5.91 Å². The predicted molar refractivity (Wildman–Crippen MR) is 129 cm³/mol. The van der Waals surface area contributed by atoms with E-state index in [1.54, 1.807) is 42.5 Å². The molecule has 0 radical (unpaired) electrons. The molecule has 3 heterocycles. The zero-order valence-electron chi connectivity index (χ0n) is 17.5. The van der Waals surface area contributed by atoms with Crippen LogP contribution in [-0.4, -0.2) is 24.4 Å². The summed E-state index contributed by atoms with van der Waals surface area (Å²) >= 11 is 12.3. The number of hydrogen-bond acceptors (Lipinski definition) is 6. The highest BCUT2D eigenvalue weighted by Gasteiger charge is 2.22. The number of rotatable bonds is 6. The number of ether oxygens (including phenoxy) is 1. The maximum absolute atomic E-state index is 13.3. The molecule has 0 saturated carbocycles. The molecule has 0 aliphatic carbocycles. The van der Waals surface area contributed by atoms with Crippen molar-refractivity contribution in [3.05, 3.63) is 76.7 Å². The lowest BCUT2D eigenvalue weighted by Gasteiger charge is -2.14. The van der Waals surface area contributed by atoms with Crippen molar-refractivity contribution >= 4 is 74.7 Å². The van der Waals surface area contributed by atoms with E-state index in [0.717, 1.165) is 0 Å². The Morgan fingerprint density at radius 3 is 2.62 bits per heavy atom. The summed E-state index contributed by atoms with van der Waals surface area (Å²) in [5, 5.41) is 4.24. The summed E-state index contributed by atoms with van der Waals surface area (Å²) < 4.78 is 16.8. The second-order valence-electron chi connectivity index (χ2n) is 7.16. The molecule has 3 aromatic heterocycles. The first-order chi connectivity index (χ1) is 16.5. The molecule has 0 bridgehead atoms. The van der Waals surface area contributed by atoms with Gasteiger partial charge in [-0.1, -0.05) is 23.2 Å². The number of aromatic nitrogens is 1. The predicted octanol–water partition coefficient (Wildman–Crippen LogP) is 6.44. The van der Waals surface area contributed by atoms with Gasteiger partial charge in [-0.3, -0.25) is 19.5 Å². The Morgan fingerprint density at radius 2 is 1.94 bits per heavy atom. The number of methoxy groups -OCH3 is 1. The Labute approximate surface area is 202 Å². The van der Waals surface area contributed by atoms with Crippen molar-refractivity contribution in [2.45, 2.75) is 0 Å². The lowest BCUT2D eigenvalue weighted by molar-refractivity contribution is -0.107. The minimum atomic E-state index is -0.464. The Morgan fingerprint density at radius 1 is 1.15 bits per heavy atom. The van der Waals surface area contributed by atoms with Crippen LogP contribution in [0.15, 0.2) is 70.0 Å². The molecule has 0 aliphatic rings. The van der Waals surface area contributed by atoms with E-state index in [1.165, 1.54) is 30.7 Å². The van der Waals surface area contributed by atoms with Crippen molar-refractivity contribution in [3.8, 4) is 5.75 Å². The van der Waals surface area contributed by atoms with Crippen LogP contribution in [0, 0.1) is 0 Å². The molecular weight excluding hydrogens is 481 g/mol. The fourth-order valence-corrected chi connectivity index (χ4v) is 4.16. The van der Waals surface area contributed by atoms with Gasteiger partial charge in [0.05, 0.1) is 40.4 Å². The van der Waals surface area contributed by atoms with Gasteiger partial charge in [0, 0.05) is 29.2 Å². The van der Waals surface area contributed by atoms with Crippen LogP contribution in [0.5, 0.6) is 5.75 Å². The van der Waals surface area contributed by atoms with Crippen molar-refractivity contribution in [3.63, 3.8) is 0 Å². The van der Waals surface area contributed by atoms with E-state index >= 15 is 0 Å². The van der Waals surface area contributed by atoms with Crippen LogP contribution < -0.4 is 15.0 Å². The first-order valence-electron chi connectivity index (χ1n) is 9.93. The second-order valence-corrected chi connectivity index (χ2v) is 7.98. The molecule has 0 saturated heterocycles. The fourth-order valence-electron chi connectivity index (χ4n) is 3.70. The molecule has 0 atom stereocenters. The molecule has 8 nitrogen and oxygen atoms in total. The van der Waals surface area contributed by atoms with Crippen molar-refractivity contribution in [1.82, 2.24) is 4.98 Å². The third-order valence-electron chi connectivity index (χ3n) is 5.25. The topological polar surface area (TPSA) is 97.8 Å². The zero-order chi connectivity index (χ0) is 23.8. The maximum Gasteiger partial charge on any atom is 0.256 e. The number of furan rings is 2. The van der Waals surface area contributed by atoms with Crippen LogP contribution in [0.3, 0.4) is 0 Å². The number of halogens is 2. The number of pyridine rings is 1. The number of amides is 2. The van der Waals surface area contributed by atoms with Crippen LogP contribution in [0.1, 0.15) is 10.4 Å². The van der Waals surface area contributed by atoms with Gasteiger partial charge in [-0.05, 0) is 36.4 Å². The van der Waals surface area contributed by atoms with Crippen LogP contribution in [-0.2, 0) is 4.79 Å². The molecule has 5 rings (SSSR count). The van der Waals surface area contributed by atoms with E-state index in [-0.39, 0.29) is 15.7 Å². The lowest BCUT2D eigenvalue weighted by Crippen LogP contribution is -2.14. The van der Waals surface area contributed by atoms with Crippen LogP contribution in [0.25, 0.3) is 21.9 Å². The van der Waals surface area contributed by atoms with E-state index in [0.29, 0.717) is 51.2 Å². The summed E-state index contributed by atoms with van der Waals surface area (Å²) in [6.45, 7) is 0. The molecule has 10 heteroatoms. The normalized spacial score (nSPS) is 11.0. The van der Waals surface area contributed by atoms with Gasteiger partial charge >= 0.3 is 0 Å². The van der Waals surface area contributed by atoms with Crippen LogP contribution >= 0.6 is 23.2 Å². The summed E-state index contributed by atoms with van der Waals surface area (Å²) in [4.78, 5) is 30.4.